The van der Waals surface area contributed by atoms with E-state index in [1.165, 1.54) is 6.08 Å². The summed E-state index contributed by atoms with van der Waals surface area (Å²) >= 11 is 0. The van der Waals surface area contributed by atoms with E-state index in [2.05, 4.69) is 4.99 Å². The molecule has 0 spiro atoms. The van der Waals surface area contributed by atoms with E-state index in [-0.39, 0.29) is 0 Å². The molecule has 0 aromatic rings. The molecule has 0 bridgehead atoms. The number of nitrogens with zero attached hydrogens (tertiary/aromatic N) is 1. The van der Waals surface area contributed by atoms with E-state index in [1.54, 1.807) is 0 Å². The second-order valence-electron chi connectivity index (χ2n) is 2.03. The fourth-order valence-corrected chi connectivity index (χ4v) is 0.948. The number of isocyanates is 1. The number of rotatable bonds is 6. The Morgan fingerprint density at radius 3 is 2.80 bits per heavy atom. The van der Waals surface area contributed by atoms with Gasteiger partial charge in [0.1, 0.15) is 10.5 Å². The molecule has 0 radical (unpaired) electrons. The standard InChI is InChI=1S/C6H13NO2Si/c8-6-7-4-2-1-3-5-9-10/h1-5H2,10H3. The highest BCUT2D eigenvalue weighted by Gasteiger charge is 1.85. The van der Waals surface area contributed by atoms with Crippen LogP contribution in [-0.4, -0.2) is 29.7 Å². The van der Waals surface area contributed by atoms with Crippen LogP contribution in [0, 0.1) is 0 Å². The van der Waals surface area contributed by atoms with Gasteiger partial charge in [-0.3, -0.25) is 0 Å². The summed E-state index contributed by atoms with van der Waals surface area (Å²) in [6.07, 6.45) is 4.65. The lowest BCUT2D eigenvalue weighted by Crippen LogP contribution is -1.90. The van der Waals surface area contributed by atoms with Gasteiger partial charge in [-0.2, -0.15) is 0 Å². The molecule has 0 amide bonds. The van der Waals surface area contributed by atoms with Gasteiger partial charge in [0.15, 0.2) is 0 Å². The molecule has 0 aromatic heterocycles. The molecule has 0 aliphatic heterocycles. The Morgan fingerprint density at radius 2 is 2.20 bits per heavy atom. The first-order valence-corrected chi connectivity index (χ1v) is 4.26. The summed E-state index contributed by atoms with van der Waals surface area (Å²) in [5.41, 5.74) is 0. The summed E-state index contributed by atoms with van der Waals surface area (Å²) in [5.74, 6) is 0. The fourth-order valence-electron chi connectivity index (χ4n) is 0.660. The Balaban J connectivity index is 2.83. The Labute approximate surface area is 64.0 Å². The average molecular weight is 159 g/mol. The van der Waals surface area contributed by atoms with Gasteiger partial charge in [-0.1, -0.05) is 0 Å². The summed E-state index contributed by atoms with van der Waals surface area (Å²) in [6.45, 7) is 1.47. The van der Waals surface area contributed by atoms with Gasteiger partial charge in [0.05, 0.1) is 6.54 Å². The van der Waals surface area contributed by atoms with E-state index in [1.807, 2.05) is 0 Å². The third kappa shape index (κ3) is 7.56. The molecule has 0 unspecified atom stereocenters. The number of aliphatic imine (C=N–C) groups is 1. The van der Waals surface area contributed by atoms with Crippen molar-refractivity contribution in [2.75, 3.05) is 13.2 Å². The van der Waals surface area contributed by atoms with Crippen LogP contribution in [0.2, 0.25) is 0 Å². The molecule has 0 saturated carbocycles. The van der Waals surface area contributed by atoms with Crippen LogP contribution in [0.5, 0.6) is 0 Å². The number of unbranched alkanes of at least 4 members (excludes halogenated alkanes) is 2. The molecule has 0 rings (SSSR count). The zero-order valence-corrected chi connectivity index (χ0v) is 8.30. The highest BCUT2D eigenvalue weighted by Crippen LogP contribution is 1.94. The smallest absolute Gasteiger partial charge is 0.234 e. The van der Waals surface area contributed by atoms with E-state index >= 15 is 0 Å². The quantitative estimate of drug-likeness (QED) is 0.233. The molecule has 0 saturated heterocycles. The number of carbonyl (C=O) groups excluding carboxylic acids is 1. The molecule has 0 aliphatic rings. The minimum Gasteiger partial charge on any atom is -0.428 e. The molecule has 0 aliphatic carbocycles. The van der Waals surface area contributed by atoms with E-state index < -0.39 is 0 Å². The number of hydrogen-bond acceptors (Lipinski definition) is 3. The van der Waals surface area contributed by atoms with Gasteiger partial charge in [0, 0.05) is 6.61 Å². The van der Waals surface area contributed by atoms with E-state index in [0.717, 1.165) is 36.4 Å². The molecule has 0 aromatic carbocycles. The van der Waals surface area contributed by atoms with E-state index in [9.17, 15) is 4.79 Å². The molecular formula is C6H13NO2Si. The van der Waals surface area contributed by atoms with Crippen molar-refractivity contribution in [2.24, 2.45) is 4.99 Å². The van der Waals surface area contributed by atoms with Crippen LogP contribution in [0.15, 0.2) is 4.99 Å². The Bertz CT molecular complexity index is 112. The summed E-state index contributed by atoms with van der Waals surface area (Å²) in [7, 11) is 0.823. The first-order valence-electron chi connectivity index (χ1n) is 3.44. The predicted molar refractivity (Wildman–Crippen MR) is 42.7 cm³/mol. The highest BCUT2D eigenvalue weighted by molar-refractivity contribution is 5.97. The van der Waals surface area contributed by atoms with Crippen molar-refractivity contribution >= 4 is 16.6 Å². The van der Waals surface area contributed by atoms with Crippen molar-refractivity contribution in [1.82, 2.24) is 0 Å². The van der Waals surface area contributed by atoms with Gasteiger partial charge in [-0.05, 0) is 19.3 Å². The van der Waals surface area contributed by atoms with E-state index in [4.69, 9.17) is 4.43 Å². The third-order valence-corrected chi connectivity index (χ3v) is 1.59. The van der Waals surface area contributed by atoms with Gasteiger partial charge in [0.2, 0.25) is 6.08 Å². The van der Waals surface area contributed by atoms with Gasteiger partial charge < -0.3 is 4.43 Å². The molecule has 0 heterocycles. The van der Waals surface area contributed by atoms with E-state index in [0.29, 0.717) is 6.54 Å². The van der Waals surface area contributed by atoms with Crippen LogP contribution in [-0.2, 0) is 9.22 Å². The Hall–Kier alpha value is -0.443. The second-order valence-corrected chi connectivity index (χ2v) is 2.60. The summed E-state index contributed by atoms with van der Waals surface area (Å²) in [6, 6.07) is 0. The van der Waals surface area contributed by atoms with Crippen molar-refractivity contribution in [1.29, 1.82) is 0 Å². The molecule has 10 heavy (non-hydrogen) atoms. The molecule has 0 atom stereocenters. The topological polar surface area (TPSA) is 38.7 Å². The maximum atomic E-state index is 9.58. The van der Waals surface area contributed by atoms with Crippen LogP contribution in [0.25, 0.3) is 0 Å². The fraction of sp³-hybridized carbons (Fsp3) is 0.833. The van der Waals surface area contributed by atoms with Crippen LogP contribution < -0.4 is 0 Å². The summed E-state index contributed by atoms with van der Waals surface area (Å²) in [4.78, 5) is 13.0. The SMILES string of the molecule is O=C=NCCCCCO[SiH3]. The van der Waals surface area contributed by atoms with Gasteiger partial charge in [-0.25, -0.2) is 9.79 Å². The number of hydrogen-bond donors (Lipinski definition) is 0. The Kier molecular flexibility index (Phi) is 8.18. The maximum Gasteiger partial charge on any atom is 0.234 e. The largest absolute Gasteiger partial charge is 0.428 e. The maximum absolute atomic E-state index is 9.58. The van der Waals surface area contributed by atoms with Crippen molar-refractivity contribution < 1.29 is 9.22 Å². The second kappa shape index (κ2) is 8.56. The normalized spacial score (nSPS) is 9.20. The van der Waals surface area contributed by atoms with Crippen molar-refractivity contribution in [3.63, 3.8) is 0 Å². The van der Waals surface area contributed by atoms with Crippen molar-refractivity contribution in [3.8, 4) is 0 Å². The predicted octanol–water partition coefficient (Wildman–Crippen LogP) is -0.210. The van der Waals surface area contributed by atoms with Crippen molar-refractivity contribution in [2.45, 2.75) is 19.3 Å². The zero-order chi connectivity index (χ0) is 7.66. The first-order chi connectivity index (χ1) is 4.91. The van der Waals surface area contributed by atoms with Crippen LogP contribution >= 0.6 is 0 Å². The summed E-state index contributed by atoms with van der Waals surface area (Å²) < 4.78 is 4.98. The lowest BCUT2D eigenvalue weighted by molar-refractivity contribution is 0.334. The molecular weight excluding hydrogens is 146 g/mol. The molecule has 0 fully saturated rings. The third-order valence-electron chi connectivity index (χ3n) is 1.18. The summed E-state index contributed by atoms with van der Waals surface area (Å²) in [5, 5.41) is 0. The monoisotopic (exact) mass is 159 g/mol. The van der Waals surface area contributed by atoms with Gasteiger partial charge >= 0.3 is 0 Å². The Morgan fingerprint density at radius 1 is 1.40 bits per heavy atom. The average Bonchev–Trinajstić information content (AvgIpc) is 1.97. The molecule has 4 heteroatoms. The van der Waals surface area contributed by atoms with Crippen molar-refractivity contribution in [3.05, 3.63) is 0 Å². The van der Waals surface area contributed by atoms with Gasteiger partial charge in [0.25, 0.3) is 0 Å². The lowest BCUT2D eigenvalue weighted by atomic mass is 10.2. The molecule has 58 valence electrons. The molecule has 3 nitrogen and oxygen atoms in total. The lowest BCUT2D eigenvalue weighted by Gasteiger charge is -1.95. The minimum absolute atomic E-state index is 0.616. The van der Waals surface area contributed by atoms with Crippen LogP contribution in [0.3, 0.4) is 0 Å². The van der Waals surface area contributed by atoms with Crippen LogP contribution in [0.4, 0.5) is 0 Å². The minimum atomic E-state index is 0.616. The first kappa shape index (κ1) is 9.56. The zero-order valence-electron chi connectivity index (χ0n) is 6.30. The highest BCUT2D eigenvalue weighted by atomic mass is 28.2. The van der Waals surface area contributed by atoms with Crippen LogP contribution in [0.1, 0.15) is 19.3 Å². The molecule has 0 N–H and O–H groups in total. The van der Waals surface area contributed by atoms with Gasteiger partial charge in [-0.15, -0.1) is 0 Å².